The van der Waals surface area contributed by atoms with Crippen LogP contribution in [0.25, 0.3) is 10.9 Å². The maximum Gasteiger partial charge on any atom is 0.270 e. The maximum absolute atomic E-state index is 12.7. The minimum Gasteiger partial charge on any atom is -0.497 e. The number of aromatic nitrogens is 1. The average Bonchev–Trinajstić information content (AvgIpc) is 2.79. The molecule has 1 aromatic heterocycles. The first-order chi connectivity index (χ1) is 10.2. The van der Waals surface area contributed by atoms with Gasteiger partial charge in [0.2, 0.25) is 0 Å². The number of amides is 1. The van der Waals surface area contributed by atoms with Crippen LogP contribution in [0.5, 0.6) is 5.75 Å². The number of aryl methyl sites for hydroxylation is 1. The summed E-state index contributed by atoms with van der Waals surface area (Å²) in [7, 11) is 3.66. The predicted molar refractivity (Wildman–Crippen MR) is 84.0 cm³/mol. The van der Waals surface area contributed by atoms with Gasteiger partial charge in [0, 0.05) is 31.0 Å². The lowest BCUT2D eigenvalue weighted by Crippen LogP contribution is -2.39. The van der Waals surface area contributed by atoms with Crippen molar-refractivity contribution in [2.75, 3.05) is 20.2 Å². The minimum absolute atomic E-state index is 0.169. The van der Waals surface area contributed by atoms with E-state index in [0.29, 0.717) is 0 Å². The van der Waals surface area contributed by atoms with Crippen LogP contribution in [-0.4, -0.2) is 35.6 Å². The molecule has 1 amide bonds. The molecule has 0 N–H and O–H groups in total. The summed E-state index contributed by atoms with van der Waals surface area (Å²) in [6.07, 6.45) is 3.11. The summed E-state index contributed by atoms with van der Waals surface area (Å²) < 4.78 is 7.35. The highest BCUT2D eigenvalue weighted by Gasteiger charge is 2.29. The van der Waals surface area contributed by atoms with Crippen molar-refractivity contribution in [3.05, 3.63) is 29.5 Å². The van der Waals surface area contributed by atoms with E-state index in [1.165, 1.54) is 5.56 Å². The maximum atomic E-state index is 12.7. The number of ether oxygens (including phenoxy) is 1. The molecule has 0 spiro atoms. The third kappa shape index (κ3) is 2.19. The van der Waals surface area contributed by atoms with E-state index < -0.39 is 0 Å². The number of carbonyl (C=O) groups is 1. The number of benzene rings is 1. The molecular weight excluding hydrogens is 264 g/mol. The molecule has 0 bridgehead atoms. The van der Waals surface area contributed by atoms with E-state index in [2.05, 4.69) is 6.92 Å². The van der Waals surface area contributed by atoms with Crippen LogP contribution in [0.1, 0.15) is 35.8 Å². The summed E-state index contributed by atoms with van der Waals surface area (Å²) in [6.45, 7) is 3.84. The predicted octanol–water partition coefficient (Wildman–Crippen LogP) is 2.99. The third-order valence-corrected chi connectivity index (χ3v) is 4.41. The van der Waals surface area contributed by atoms with Gasteiger partial charge in [-0.1, -0.05) is 13.3 Å². The van der Waals surface area contributed by atoms with Gasteiger partial charge in [-0.25, -0.2) is 0 Å². The molecule has 4 heteroatoms. The average molecular weight is 286 g/mol. The number of fused-ring (bicyclic) bond motifs is 3. The second kappa shape index (κ2) is 5.43. The van der Waals surface area contributed by atoms with Gasteiger partial charge in [-0.2, -0.15) is 0 Å². The molecule has 1 aliphatic rings. The van der Waals surface area contributed by atoms with Crippen LogP contribution in [-0.2, 0) is 13.5 Å². The number of methoxy groups -OCH3 is 1. The van der Waals surface area contributed by atoms with Crippen molar-refractivity contribution in [1.29, 1.82) is 0 Å². The van der Waals surface area contributed by atoms with Gasteiger partial charge >= 0.3 is 0 Å². The molecular formula is C17H22N2O2. The quantitative estimate of drug-likeness (QED) is 0.866. The van der Waals surface area contributed by atoms with Crippen molar-refractivity contribution in [3.8, 4) is 5.75 Å². The summed E-state index contributed by atoms with van der Waals surface area (Å²) in [5, 5.41) is 1.15. The van der Waals surface area contributed by atoms with Crippen LogP contribution in [0.2, 0.25) is 0 Å². The highest BCUT2D eigenvalue weighted by Crippen LogP contribution is 2.32. The largest absolute Gasteiger partial charge is 0.497 e. The highest BCUT2D eigenvalue weighted by molar-refractivity contribution is 6.03. The van der Waals surface area contributed by atoms with E-state index in [4.69, 9.17) is 4.74 Å². The Morgan fingerprint density at radius 2 is 2.14 bits per heavy atom. The fraction of sp³-hybridized carbons (Fsp3) is 0.471. The lowest BCUT2D eigenvalue weighted by atomic mass is 10.0. The standard InChI is InChI=1S/C17H22N2O2/c1-4-5-9-19-10-8-13-14-11-12(21-3)6-7-15(14)18(2)16(13)17(19)20/h6-7,11H,4-5,8-10H2,1-3H3. The van der Waals surface area contributed by atoms with E-state index in [-0.39, 0.29) is 5.91 Å². The SMILES string of the molecule is CCCCN1CCc2c(n(C)c3ccc(OC)cc23)C1=O. The van der Waals surface area contributed by atoms with Crippen molar-refractivity contribution in [2.24, 2.45) is 7.05 Å². The minimum atomic E-state index is 0.169. The number of hydrogen-bond donors (Lipinski definition) is 0. The van der Waals surface area contributed by atoms with E-state index >= 15 is 0 Å². The van der Waals surface area contributed by atoms with Crippen LogP contribution >= 0.6 is 0 Å². The smallest absolute Gasteiger partial charge is 0.270 e. The zero-order valence-corrected chi connectivity index (χ0v) is 13.0. The molecule has 112 valence electrons. The Hall–Kier alpha value is -1.97. The first kappa shape index (κ1) is 14.0. The number of unbranched alkanes of at least 4 members (excludes halogenated alkanes) is 1. The van der Waals surface area contributed by atoms with Crippen molar-refractivity contribution in [1.82, 2.24) is 9.47 Å². The van der Waals surface area contributed by atoms with Gasteiger partial charge in [0.05, 0.1) is 7.11 Å². The van der Waals surface area contributed by atoms with E-state index in [1.807, 2.05) is 34.7 Å². The van der Waals surface area contributed by atoms with Gasteiger partial charge in [0.1, 0.15) is 11.4 Å². The summed E-state index contributed by atoms with van der Waals surface area (Å²) in [6, 6.07) is 6.03. The van der Waals surface area contributed by atoms with Gasteiger partial charge in [0.15, 0.2) is 0 Å². The Morgan fingerprint density at radius 3 is 2.86 bits per heavy atom. The van der Waals surface area contributed by atoms with Crippen LogP contribution in [0.4, 0.5) is 0 Å². The summed E-state index contributed by atoms with van der Waals surface area (Å²) in [4.78, 5) is 14.7. The van der Waals surface area contributed by atoms with E-state index in [1.54, 1.807) is 7.11 Å². The van der Waals surface area contributed by atoms with Crippen LogP contribution in [0.3, 0.4) is 0 Å². The lowest BCUT2D eigenvalue weighted by Gasteiger charge is -2.27. The summed E-state index contributed by atoms with van der Waals surface area (Å²) >= 11 is 0. The topological polar surface area (TPSA) is 34.5 Å². The van der Waals surface area contributed by atoms with Crippen molar-refractivity contribution < 1.29 is 9.53 Å². The van der Waals surface area contributed by atoms with Crippen molar-refractivity contribution in [3.63, 3.8) is 0 Å². The molecule has 1 aliphatic heterocycles. The molecule has 4 nitrogen and oxygen atoms in total. The number of hydrogen-bond acceptors (Lipinski definition) is 2. The van der Waals surface area contributed by atoms with Gasteiger partial charge in [-0.15, -0.1) is 0 Å². The molecule has 2 heterocycles. The van der Waals surface area contributed by atoms with Crippen LogP contribution in [0.15, 0.2) is 18.2 Å². The normalized spacial score (nSPS) is 14.6. The monoisotopic (exact) mass is 286 g/mol. The van der Waals surface area contributed by atoms with Crippen LogP contribution < -0.4 is 4.74 Å². The second-order valence-corrected chi connectivity index (χ2v) is 5.67. The molecule has 0 atom stereocenters. The van der Waals surface area contributed by atoms with E-state index in [0.717, 1.165) is 54.7 Å². The van der Waals surface area contributed by atoms with Gasteiger partial charge in [0.25, 0.3) is 5.91 Å². The first-order valence-electron chi connectivity index (χ1n) is 7.62. The van der Waals surface area contributed by atoms with Crippen molar-refractivity contribution >= 4 is 16.8 Å². The van der Waals surface area contributed by atoms with Gasteiger partial charge in [-0.3, -0.25) is 4.79 Å². The van der Waals surface area contributed by atoms with Gasteiger partial charge in [-0.05, 0) is 36.6 Å². The molecule has 1 aromatic carbocycles. The molecule has 3 rings (SSSR count). The zero-order valence-electron chi connectivity index (χ0n) is 13.0. The number of nitrogens with zero attached hydrogens (tertiary/aromatic N) is 2. The Balaban J connectivity index is 2.07. The molecule has 2 aromatic rings. The molecule has 21 heavy (non-hydrogen) atoms. The molecule has 0 unspecified atom stereocenters. The summed E-state index contributed by atoms with van der Waals surface area (Å²) in [5.41, 5.74) is 3.12. The van der Waals surface area contributed by atoms with Gasteiger partial charge < -0.3 is 14.2 Å². The Labute approximate surface area is 125 Å². The Bertz CT molecular complexity index is 688. The molecule has 0 saturated carbocycles. The second-order valence-electron chi connectivity index (χ2n) is 5.67. The number of rotatable bonds is 4. The third-order valence-electron chi connectivity index (χ3n) is 4.41. The molecule has 0 radical (unpaired) electrons. The number of carbonyl (C=O) groups excluding carboxylic acids is 1. The zero-order chi connectivity index (χ0) is 15.0. The molecule has 0 saturated heterocycles. The highest BCUT2D eigenvalue weighted by atomic mass is 16.5. The molecule has 0 aliphatic carbocycles. The fourth-order valence-corrected chi connectivity index (χ4v) is 3.21. The van der Waals surface area contributed by atoms with E-state index in [9.17, 15) is 4.79 Å². The Morgan fingerprint density at radius 1 is 1.33 bits per heavy atom. The first-order valence-corrected chi connectivity index (χ1v) is 7.62. The van der Waals surface area contributed by atoms with Crippen molar-refractivity contribution in [2.45, 2.75) is 26.2 Å². The molecule has 0 fully saturated rings. The lowest BCUT2D eigenvalue weighted by molar-refractivity contribution is 0.0728. The summed E-state index contributed by atoms with van der Waals surface area (Å²) in [5.74, 6) is 1.01. The van der Waals surface area contributed by atoms with Crippen LogP contribution in [0, 0.1) is 0 Å². The fourth-order valence-electron chi connectivity index (χ4n) is 3.21. The Kier molecular flexibility index (Phi) is 3.62.